The Morgan fingerprint density at radius 1 is 1.13 bits per heavy atom. The van der Waals surface area contributed by atoms with Gasteiger partial charge in [-0.25, -0.2) is 4.79 Å². The smallest absolute Gasteiger partial charge is 0.490 e. The summed E-state index contributed by atoms with van der Waals surface area (Å²) in [6.45, 7) is 1.26. The largest absolute Gasteiger partial charge is 0.493 e. The number of hydrogen-bond donors (Lipinski definition) is 3. The van der Waals surface area contributed by atoms with Crippen molar-refractivity contribution in [3.8, 4) is 5.75 Å². The Morgan fingerprint density at radius 3 is 2.40 bits per heavy atom. The van der Waals surface area contributed by atoms with Crippen LogP contribution in [0.2, 0.25) is 0 Å². The molecule has 1 aromatic rings. The molecule has 1 aromatic carbocycles. The van der Waals surface area contributed by atoms with Gasteiger partial charge in [-0.15, -0.1) is 0 Å². The minimum Gasteiger partial charge on any atom is -0.493 e. The number of halogens is 3. The summed E-state index contributed by atoms with van der Waals surface area (Å²) >= 11 is 0. The van der Waals surface area contributed by atoms with Crippen molar-refractivity contribution in [3.63, 3.8) is 0 Å². The molecule has 1 atom stereocenters. The second-order valence-electron chi connectivity index (χ2n) is 6.02. The lowest BCUT2D eigenvalue weighted by Gasteiger charge is -2.25. The molecule has 30 heavy (non-hydrogen) atoms. The standard InChI is InChI=1S/C16H21NO4S2.C2HF3O2/c18-15(17-7-10-23-22-9-6-16(19)20)11-12-5-8-21-14-4-2-1-3-13(12)14;3-2(4,5)1(6)7/h1-4,12H,5-11H2,(H,17,18)(H,19,20);(H,6,7). The number of amides is 1. The number of para-hydroxylation sites is 1. The summed E-state index contributed by atoms with van der Waals surface area (Å²) in [7, 11) is 3.12. The molecule has 0 radical (unpaired) electrons. The molecule has 0 aromatic heterocycles. The zero-order chi connectivity index (χ0) is 22.6. The number of carboxylic acid groups (broad SMARTS) is 2. The number of aliphatic carboxylic acids is 2. The van der Waals surface area contributed by atoms with E-state index in [2.05, 4.69) is 5.32 Å². The first-order chi connectivity index (χ1) is 14.1. The number of carboxylic acids is 2. The van der Waals surface area contributed by atoms with Crippen LogP contribution < -0.4 is 10.1 Å². The van der Waals surface area contributed by atoms with Crippen molar-refractivity contribution >= 4 is 39.4 Å². The second-order valence-corrected chi connectivity index (χ2v) is 8.72. The predicted molar refractivity (Wildman–Crippen MR) is 108 cm³/mol. The fourth-order valence-corrected chi connectivity index (χ4v) is 4.29. The van der Waals surface area contributed by atoms with E-state index in [4.69, 9.17) is 19.7 Å². The topological polar surface area (TPSA) is 113 Å². The Balaban J connectivity index is 0.000000553. The monoisotopic (exact) mass is 469 g/mol. The molecule has 0 aliphatic carbocycles. The number of benzene rings is 1. The Bertz CT molecular complexity index is 717. The number of carbonyl (C=O) groups excluding carboxylic acids is 1. The molecule has 0 fully saturated rings. The normalized spacial score (nSPS) is 15.1. The fraction of sp³-hybridized carbons (Fsp3) is 0.500. The molecule has 7 nitrogen and oxygen atoms in total. The molecule has 1 amide bonds. The van der Waals surface area contributed by atoms with Crippen LogP contribution >= 0.6 is 21.6 Å². The zero-order valence-corrected chi connectivity index (χ0v) is 17.4. The van der Waals surface area contributed by atoms with Gasteiger partial charge < -0.3 is 20.3 Å². The van der Waals surface area contributed by atoms with Gasteiger partial charge in [0.1, 0.15) is 5.75 Å². The van der Waals surface area contributed by atoms with Crippen molar-refractivity contribution in [1.82, 2.24) is 5.32 Å². The maximum Gasteiger partial charge on any atom is 0.490 e. The summed E-state index contributed by atoms with van der Waals surface area (Å²) in [4.78, 5) is 31.3. The van der Waals surface area contributed by atoms with Crippen molar-refractivity contribution in [2.45, 2.75) is 31.4 Å². The SMILES string of the molecule is O=C(O)C(F)(F)F.O=C(O)CCSSCCNC(=O)CC1CCOc2ccccc21. The van der Waals surface area contributed by atoms with Gasteiger partial charge in [0.25, 0.3) is 0 Å². The molecule has 1 heterocycles. The molecule has 1 aliphatic heterocycles. The van der Waals surface area contributed by atoms with E-state index < -0.39 is 18.1 Å². The molecule has 168 valence electrons. The molecule has 0 saturated carbocycles. The van der Waals surface area contributed by atoms with E-state index >= 15 is 0 Å². The lowest BCUT2D eigenvalue weighted by atomic mass is 9.90. The number of carbonyl (C=O) groups is 3. The molecule has 12 heteroatoms. The third-order valence-corrected chi connectivity index (χ3v) is 6.16. The molecular weight excluding hydrogens is 447 g/mol. The minimum atomic E-state index is -5.08. The van der Waals surface area contributed by atoms with Crippen LogP contribution in [-0.4, -0.2) is 58.9 Å². The fourth-order valence-electron chi connectivity index (χ4n) is 2.40. The van der Waals surface area contributed by atoms with Crippen LogP contribution in [-0.2, 0) is 14.4 Å². The number of ether oxygens (including phenoxy) is 1. The number of alkyl halides is 3. The predicted octanol–water partition coefficient (Wildman–Crippen LogP) is 3.55. The highest BCUT2D eigenvalue weighted by molar-refractivity contribution is 8.76. The molecule has 1 aliphatic rings. The Labute approximate surface area is 179 Å². The maximum atomic E-state index is 12.1. The first-order valence-electron chi connectivity index (χ1n) is 8.86. The lowest BCUT2D eigenvalue weighted by Crippen LogP contribution is -2.28. The lowest BCUT2D eigenvalue weighted by molar-refractivity contribution is -0.192. The van der Waals surface area contributed by atoms with Crippen LogP contribution in [0.1, 0.15) is 30.7 Å². The summed E-state index contributed by atoms with van der Waals surface area (Å²) in [6.07, 6.45) is -3.56. The number of fused-ring (bicyclic) bond motifs is 1. The average molecular weight is 470 g/mol. The molecule has 2 rings (SSSR count). The van der Waals surface area contributed by atoms with Gasteiger partial charge in [0, 0.05) is 24.5 Å². The van der Waals surface area contributed by atoms with E-state index in [0.29, 0.717) is 25.3 Å². The molecule has 0 bridgehead atoms. The van der Waals surface area contributed by atoms with Crippen molar-refractivity contribution in [1.29, 1.82) is 0 Å². The van der Waals surface area contributed by atoms with Crippen LogP contribution in [0.15, 0.2) is 24.3 Å². The Morgan fingerprint density at radius 2 is 1.77 bits per heavy atom. The highest BCUT2D eigenvalue weighted by atomic mass is 33.1. The van der Waals surface area contributed by atoms with Crippen molar-refractivity contribution in [2.75, 3.05) is 24.7 Å². The molecule has 3 N–H and O–H groups in total. The van der Waals surface area contributed by atoms with Crippen LogP contribution in [0.5, 0.6) is 5.75 Å². The Kier molecular flexibility index (Phi) is 11.5. The summed E-state index contributed by atoms with van der Waals surface area (Å²) < 4.78 is 37.3. The third kappa shape index (κ3) is 10.6. The van der Waals surface area contributed by atoms with Crippen molar-refractivity contribution in [2.24, 2.45) is 0 Å². The summed E-state index contributed by atoms with van der Waals surface area (Å²) in [5.41, 5.74) is 1.12. The quantitative estimate of drug-likeness (QED) is 0.372. The van der Waals surface area contributed by atoms with Gasteiger partial charge in [0.2, 0.25) is 5.91 Å². The third-order valence-electron chi connectivity index (χ3n) is 3.75. The van der Waals surface area contributed by atoms with Crippen LogP contribution in [0.4, 0.5) is 13.2 Å². The van der Waals surface area contributed by atoms with E-state index in [9.17, 15) is 22.8 Å². The van der Waals surface area contributed by atoms with Crippen LogP contribution in [0.25, 0.3) is 0 Å². The number of nitrogens with one attached hydrogen (secondary N) is 1. The molecule has 0 saturated heterocycles. The van der Waals surface area contributed by atoms with Crippen molar-refractivity contribution in [3.05, 3.63) is 29.8 Å². The number of hydrogen-bond acceptors (Lipinski definition) is 6. The molecule has 0 spiro atoms. The number of rotatable bonds is 9. The van der Waals surface area contributed by atoms with E-state index in [1.54, 1.807) is 10.8 Å². The van der Waals surface area contributed by atoms with Crippen molar-refractivity contribution < 1.29 is 42.5 Å². The van der Waals surface area contributed by atoms with E-state index in [0.717, 1.165) is 23.5 Å². The first kappa shape index (κ1) is 26.0. The highest BCUT2D eigenvalue weighted by Gasteiger charge is 2.38. The van der Waals surface area contributed by atoms with Gasteiger partial charge in [0.05, 0.1) is 13.0 Å². The summed E-state index contributed by atoms with van der Waals surface area (Å²) in [5.74, 6) is -0.995. The first-order valence-corrected chi connectivity index (χ1v) is 11.3. The highest BCUT2D eigenvalue weighted by Crippen LogP contribution is 2.35. The maximum absolute atomic E-state index is 12.1. The van der Waals surface area contributed by atoms with E-state index in [1.165, 1.54) is 10.8 Å². The van der Waals surface area contributed by atoms with E-state index in [-0.39, 0.29) is 18.2 Å². The van der Waals surface area contributed by atoms with Gasteiger partial charge in [-0.2, -0.15) is 13.2 Å². The van der Waals surface area contributed by atoms with Gasteiger partial charge in [-0.3, -0.25) is 9.59 Å². The van der Waals surface area contributed by atoms with Gasteiger partial charge in [0.15, 0.2) is 0 Å². The van der Waals surface area contributed by atoms with Gasteiger partial charge in [-0.05, 0) is 24.0 Å². The van der Waals surface area contributed by atoms with Crippen LogP contribution in [0.3, 0.4) is 0 Å². The van der Waals surface area contributed by atoms with Gasteiger partial charge in [-0.1, -0.05) is 39.8 Å². The zero-order valence-electron chi connectivity index (χ0n) is 15.8. The Hall–Kier alpha value is -2.08. The summed E-state index contributed by atoms with van der Waals surface area (Å²) in [6, 6.07) is 7.90. The molecular formula is C18H22F3NO6S2. The van der Waals surface area contributed by atoms with Gasteiger partial charge >= 0.3 is 18.1 Å². The second kappa shape index (κ2) is 13.3. The minimum absolute atomic E-state index is 0.0582. The average Bonchev–Trinajstić information content (AvgIpc) is 2.67. The van der Waals surface area contributed by atoms with Crippen LogP contribution in [0, 0.1) is 0 Å². The summed E-state index contributed by atoms with van der Waals surface area (Å²) in [5, 5.41) is 18.6. The van der Waals surface area contributed by atoms with E-state index in [1.807, 2.05) is 24.3 Å². The molecule has 1 unspecified atom stereocenters.